The van der Waals surface area contributed by atoms with Crippen molar-refractivity contribution in [3.05, 3.63) is 133 Å². The maximum Gasteiger partial charge on any atom is 0.343 e. The van der Waals surface area contributed by atoms with Gasteiger partial charge in [-0.05, 0) is 69.8 Å². The van der Waals surface area contributed by atoms with E-state index in [-0.39, 0.29) is 5.97 Å². The van der Waals surface area contributed by atoms with Crippen LogP contribution in [0.4, 0.5) is 0 Å². The first-order valence-corrected chi connectivity index (χ1v) is 10.7. The molecule has 0 fully saturated rings. The Labute approximate surface area is 193 Å². The second-order valence-electron chi connectivity index (χ2n) is 7.67. The van der Waals surface area contributed by atoms with Crippen molar-refractivity contribution in [2.24, 2.45) is 0 Å². The van der Waals surface area contributed by atoms with E-state index in [1.165, 1.54) is 11.1 Å². The van der Waals surface area contributed by atoms with E-state index in [1.807, 2.05) is 42.5 Å². The Kier molecular flexibility index (Phi) is 5.77. The number of carbonyl (C=O) groups is 1. The van der Waals surface area contributed by atoms with Crippen molar-refractivity contribution in [2.45, 2.75) is 0 Å². The van der Waals surface area contributed by atoms with Crippen LogP contribution in [0.5, 0.6) is 5.75 Å². The highest BCUT2D eigenvalue weighted by molar-refractivity contribution is 5.91. The highest BCUT2D eigenvalue weighted by Gasteiger charge is 2.09. The Hall–Kier alpha value is -4.50. The van der Waals surface area contributed by atoms with Gasteiger partial charge < -0.3 is 4.74 Å². The fraction of sp³-hybridized carbons (Fsp3) is 0. The number of carbonyl (C=O) groups excluding carboxylic acids is 1. The number of benzene rings is 4. The van der Waals surface area contributed by atoms with Crippen LogP contribution in [0.1, 0.15) is 10.4 Å². The zero-order valence-corrected chi connectivity index (χ0v) is 17.9. The van der Waals surface area contributed by atoms with Crippen molar-refractivity contribution >= 4 is 5.97 Å². The van der Waals surface area contributed by atoms with Gasteiger partial charge in [-0.1, -0.05) is 78.9 Å². The van der Waals surface area contributed by atoms with E-state index in [0.29, 0.717) is 11.3 Å². The molecular formula is C30H21NO2. The molecule has 0 saturated heterocycles. The molecule has 1 aromatic heterocycles. The summed E-state index contributed by atoms with van der Waals surface area (Å²) in [6.07, 6.45) is 3.61. The predicted octanol–water partition coefficient (Wildman–Crippen LogP) is 7.30. The molecule has 5 rings (SSSR count). The molecule has 33 heavy (non-hydrogen) atoms. The third kappa shape index (κ3) is 4.73. The third-order valence-corrected chi connectivity index (χ3v) is 5.52. The van der Waals surface area contributed by atoms with Crippen LogP contribution in [0.25, 0.3) is 33.4 Å². The SMILES string of the molecule is O=C(Oc1ccccc1)c1ccc(-c2ccc(-c3ccc(-c4ccncc4)cc3)cc2)cc1. The molecule has 0 spiro atoms. The molecule has 0 aliphatic carbocycles. The monoisotopic (exact) mass is 427 g/mol. The van der Waals surface area contributed by atoms with E-state index in [0.717, 1.165) is 22.3 Å². The third-order valence-electron chi connectivity index (χ3n) is 5.52. The van der Waals surface area contributed by atoms with E-state index in [2.05, 4.69) is 53.5 Å². The molecule has 4 aromatic carbocycles. The van der Waals surface area contributed by atoms with Crippen molar-refractivity contribution in [1.29, 1.82) is 0 Å². The second kappa shape index (κ2) is 9.33. The van der Waals surface area contributed by atoms with Crippen molar-refractivity contribution in [3.8, 4) is 39.1 Å². The van der Waals surface area contributed by atoms with Crippen LogP contribution in [0, 0.1) is 0 Å². The van der Waals surface area contributed by atoms with Gasteiger partial charge in [-0.3, -0.25) is 4.98 Å². The number of hydrogen-bond donors (Lipinski definition) is 0. The van der Waals surface area contributed by atoms with Crippen molar-refractivity contribution in [1.82, 2.24) is 4.98 Å². The normalized spacial score (nSPS) is 10.5. The van der Waals surface area contributed by atoms with Gasteiger partial charge in [0.2, 0.25) is 0 Å². The van der Waals surface area contributed by atoms with Crippen LogP contribution in [-0.4, -0.2) is 11.0 Å². The maximum absolute atomic E-state index is 12.4. The molecular weight excluding hydrogens is 406 g/mol. The Morgan fingerprint density at radius 2 is 0.879 bits per heavy atom. The molecule has 0 radical (unpaired) electrons. The van der Waals surface area contributed by atoms with Crippen LogP contribution in [-0.2, 0) is 0 Å². The molecule has 0 bridgehead atoms. The minimum atomic E-state index is -0.363. The summed E-state index contributed by atoms with van der Waals surface area (Å²) in [4.78, 5) is 16.4. The van der Waals surface area contributed by atoms with E-state index < -0.39 is 0 Å². The summed E-state index contributed by atoms with van der Waals surface area (Å²) in [5.41, 5.74) is 7.31. The molecule has 158 valence electrons. The van der Waals surface area contributed by atoms with Gasteiger partial charge >= 0.3 is 5.97 Å². The highest BCUT2D eigenvalue weighted by atomic mass is 16.5. The van der Waals surface area contributed by atoms with Crippen molar-refractivity contribution < 1.29 is 9.53 Å². The van der Waals surface area contributed by atoms with E-state index >= 15 is 0 Å². The Morgan fingerprint density at radius 1 is 0.485 bits per heavy atom. The molecule has 0 aliphatic rings. The molecule has 0 amide bonds. The lowest BCUT2D eigenvalue weighted by atomic mass is 9.98. The number of rotatable bonds is 5. The molecule has 0 atom stereocenters. The second-order valence-corrected chi connectivity index (χ2v) is 7.67. The Bertz CT molecular complexity index is 1340. The average molecular weight is 428 g/mol. The van der Waals surface area contributed by atoms with Crippen LogP contribution in [0.3, 0.4) is 0 Å². The Balaban J connectivity index is 1.29. The highest BCUT2D eigenvalue weighted by Crippen LogP contribution is 2.27. The number of nitrogens with zero attached hydrogens (tertiary/aromatic N) is 1. The molecule has 1 heterocycles. The number of aromatic nitrogens is 1. The lowest BCUT2D eigenvalue weighted by Gasteiger charge is -2.08. The number of ether oxygens (including phenoxy) is 1. The summed E-state index contributed by atoms with van der Waals surface area (Å²) in [6, 6.07) is 37.6. The van der Waals surface area contributed by atoms with Crippen molar-refractivity contribution in [3.63, 3.8) is 0 Å². The molecule has 0 unspecified atom stereocenters. The summed E-state index contributed by atoms with van der Waals surface area (Å²) < 4.78 is 5.41. The summed E-state index contributed by atoms with van der Waals surface area (Å²) in [5, 5.41) is 0. The number of esters is 1. The quantitative estimate of drug-likeness (QED) is 0.218. The maximum atomic E-state index is 12.4. The van der Waals surface area contributed by atoms with E-state index in [9.17, 15) is 4.79 Å². The molecule has 3 nitrogen and oxygen atoms in total. The summed E-state index contributed by atoms with van der Waals surface area (Å²) in [5.74, 6) is 0.175. The van der Waals surface area contributed by atoms with Gasteiger partial charge in [0.25, 0.3) is 0 Å². The minimum absolute atomic E-state index is 0.363. The molecule has 0 N–H and O–H groups in total. The fourth-order valence-corrected chi connectivity index (χ4v) is 3.71. The van der Waals surface area contributed by atoms with Gasteiger partial charge in [-0.15, -0.1) is 0 Å². The fourth-order valence-electron chi connectivity index (χ4n) is 3.71. The van der Waals surface area contributed by atoms with Crippen LogP contribution < -0.4 is 4.74 Å². The smallest absolute Gasteiger partial charge is 0.343 e. The predicted molar refractivity (Wildman–Crippen MR) is 132 cm³/mol. The molecule has 0 aliphatic heterocycles. The topological polar surface area (TPSA) is 39.2 Å². The first-order valence-electron chi connectivity index (χ1n) is 10.7. The number of pyridine rings is 1. The van der Waals surface area contributed by atoms with Gasteiger partial charge in [0.15, 0.2) is 0 Å². The Morgan fingerprint density at radius 3 is 1.33 bits per heavy atom. The van der Waals surface area contributed by atoms with Crippen LogP contribution in [0.15, 0.2) is 128 Å². The van der Waals surface area contributed by atoms with Gasteiger partial charge in [0.1, 0.15) is 5.75 Å². The lowest BCUT2D eigenvalue weighted by Crippen LogP contribution is -2.08. The largest absolute Gasteiger partial charge is 0.423 e. The first-order chi connectivity index (χ1) is 16.3. The summed E-state index contributed by atoms with van der Waals surface area (Å²) in [7, 11) is 0. The van der Waals surface area contributed by atoms with Gasteiger partial charge in [-0.25, -0.2) is 4.79 Å². The summed E-state index contributed by atoms with van der Waals surface area (Å²) in [6.45, 7) is 0. The number of hydrogen-bond acceptors (Lipinski definition) is 3. The first kappa shape index (κ1) is 20.4. The minimum Gasteiger partial charge on any atom is -0.423 e. The van der Waals surface area contributed by atoms with Gasteiger partial charge in [-0.2, -0.15) is 0 Å². The van der Waals surface area contributed by atoms with Crippen LogP contribution >= 0.6 is 0 Å². The molecule has 3 heteroatoms. The lowest BCUT2D eigenvalue weighted by molar-refractivity contribution is 0.0735. The zero-order chi connectivity index (χ0) is 22.5. The number of para-hydroxylation sites is 1. The molecule has 0 saturated carbocycles. The van der Waals surface area contributed by atoms with Crippen LogP contribution in [0.2, 0.25) is 0 Å². The van der Waals surface area contributed by atoms with E-state index in [4.69, 9.17) is 4.74 Å². The average Bonchev–Trinajstić information content (AvgIpc) is 2.90. The standard InChI is InChI=1S/C30H21NO2/c32-30(33-29-4-2-1-3-5-29)28-16-14-25(15-17-28)24-8-6-22(7-9-24)23-10-12-26(13-11-23)27-18-20-31-21-19-27/h1-21H. The summed E-state index contributed by atoms with van der Waals surface area (Å²) >= 11 is 0. The van der Waals surface area contributed by atoms with Crippen molar-refractivity contribution in [2.75, 3.05) is 0 Å². The van der Waals surface area contributed by atoms with E-state index in [1.54, 1.807) is 36.7 Å². The molecule has 5 aromatic rings. The van der Waals surface area contributed by atoms with Gasteiger partial charge in [0, 0.05) is 12.4 Å². The van der Waals surface area contributed by atoms with Gasteiger partial charge in [0.05, 0.1) is 5.56 Å². The zero-order valence-electron chi connectivity index (χ0n) is 17.9.